The second-order valence-electron chi connectivity index (χ2n) is 5.60. The average Bonchev–Trinajstić information content (AvgIpc) is 3.18. The SMILES string of the molecule is CCNC(=NCC(O)c1cc(OC)ccc1OC)NCCc1ccco1.I. The molecule has 0 aliphatic rings. The second-order valence-corrected chi connectivity index (χ2v) is 5.60. The third kappa shape index (κ3) is 7.30. The summed E-state index contributed by atoms with van der Waals surface area (Å²) in [6.45, 7) is 3.59. The predicted octanol–water partition coefficient (Wildman–Crippen LogP) is 2.75. The largest absolute Gasteiger partial charge is 0.497 e. The van der Waals surface area contributed by atoms with E-state index in [1.807, 2.05) is 19.1 Å². The van der Waals surface area contributed by atoms with E-state index < -0.39 is 6.10 Å². The Labute approximate surface area is 177 Å². The molecule has 2 rings (SSSR count). The van der Waals surface area contributed by atoms with Gasteiger partial charge in [-0.1, -0.05) is 0 Å². The van der Waals surface area contributed by atoms with Crippen LogP contribution in [0.15, 0.2) is 46.0 Å². The van der Waals surface area contributed by atoms with Gasteiger partial charge in [-0.25, -0.2) is 0 Å². The minimum absolute atomic E-state index is 0. The Morgan fingerprint density at radius 1 is 1.22 bits per heavy atom. The van der Waals surface area contributed by atoms with Crippen molar-refractivity contribution in [3.63, 3.8) is 0 Å². The molecule has 0 saturated heterocycles. The van der Waals surface area contributed by atoms with Crippen molar-refractivity contribution < 1.29 is 19.0 Å². The van der Waals surface area contributed by atoms with Crippen LogP contribution in [-0.4, -0.2) is 44.9 Å². The summed E-state index contributed by atoms with van der Waals surface area (Å²) in [4.78, 5) is 4.46. The molecule has 2 aromatic rings. The monoisotopic (exact) mass is 489 g/mol. The number of hydrogen-bond acceptors (Lipinski definition) is 5. The number of furan rings is 1. The van der Waals surface area contributed by atoms with Gasteiger partial charge >= 0.3 is 0 Å². The quantitative estimate of drug-likeness (QED) is 0.285. The molecule has 1 atom stereocenters. The Morgan fingerprint density at radius 2 is 2.04 bits per heavy atom. The van der Waals surface area contributed by atoms with E-state index in [4.69, 9.17) is 13.9 Å². The Balaban J connectivity index is 0.00000364. The third-order valence-electron chi connectivity index (χ3n) is 3.81. The number of aliphatic imine (C=N–C) groups is 1. The normalized spacial score (nSPS) is 12.1. The number of guanidine groups is 1. The maximum atomic E-state index is 10.5. The van der Waals surface area contributed by atoms with Crippen LogP contribution < -0.4 is 20.1 Å². The lowest BCUT2D eigenvalue weighted by molar-refractivity contribution is 0.182. The fraction of sp³-hybridized carbons (Fsp3) is 0.421. The minimum atomic E-state index is -0.805. The molecule has 0 bridgehead atoms. The van der Waals surface area contributed by atoms with Crippen LogP contribution in [0.4, 0.5) is 0 Å². The van der Waals surface area contributed by atoms with E-state index in [-0.39, 0.29) is 30.5 Å². The van der Waals surface area contributed by atoms with E-state index in [2.05, 4.69) is 15.6 Å². The van der Waals surface area contributed by atoms with Gasteiger partial charge in [0.25, 0.3) is 0 Å². The standard InChI is InChI=1S/C19H27N3O4.HI/c1-4-20-19(21-10-9-14-6-5-11-26-14)22-13-17(23)16-12-15(24-2)7-8-18(16)25-3;/h5-8,11-12,17,23H,4,9-10,13H2,1-3H3,(H2,20,21,22);1H. The van der Waals surface area contributed by atoms with Crippen molar-refractivity contribution >= 4 is 29.9 Å². The first-order chi connectivity index (χ1) is 12.7. The summed E-state index contributed by atoms with van der Waals surface area (Å²) in [6.07, 6.45) is 1.61. The number of methoxy groups -OCH3 is 2. The van der Waals surface area contributed by atoms with Crippen molar-refractivity contribution in [2.75, 3.05) is 33.9 Å². The zero-order chi connectivity index (χ0) is 18.8. The van der Waals surface area contributed by atoms with Gasteiger partial charge in [-0.2, -0.15) is 0 Å². The number of rotatable bonds is 9. The van der Waals surface area contributed by atoms with Crippen LogP contribution in [-0.2, 0) is 6.42 Å². The Hall–Kier alpha value is -1.94. The smallest absolute Gasteiger partial charge is 0.191 e. The second kappa shape index (κ2) is 12.4. The molecule has 8 heteroatoms. The van der Waals surface area contributed by atoms with Gasteiger partial charge in [-0.15, -0.1) is 24.0 Å². The van der Waals surface area contributed by atoms with Crippen LogP contribution in [0, 0.1) is 0 Å². The van der Waals surface area contributed by atoms with Gasteiger partial charge in [0.05, 0.1) is 27.0 Å². The number of aliphatic hydroxyl groups excluding tert-OH is 1. The average molecular weight is 489 g/mol. The Bertz CT molecular complexity index is 692. The van der Waals surface area contributed by atoms with E-state index >= 15 is 0 Å². The fourth-order valence-corrected chi connectivity index (χ4v) is 2.48. The van der Waals surface area contributed by atoms with Gasteiger partial charge in [0.2, 0.25) is 0 Å². The maximum Gasteiger partial charge on any atom is 0.191 e. The lowest BCUT2D eigenvalue weighted by Gasteiger charge is -2.16. The number of benzene rings is 1. The van der Waals surface area contributed by atoms with Crippen LogP contribution in [0.25, 0.3) is 0 Å². The summed E-state index contributed by atoms with van der Waals surface area (Å²) < 4.78 is 15.9. The van der Waals surface area contributed by atoms with E-state index in [0.717, 1.165) is 18.7 Å². The summed E-state index contributed by atoms with van der Waals surface area (Å²) in [5.41, 5.74) is 0.641. The van der Waals surface area contributed by atoms with Crippen LogP contribution in [0.1, 0.15) is 24.4 Å². The van der Waals surface area contributed by atoms with Crippen molar-refractivity contribution in [2.45, 2.75) is 19.4 Å². The van der Waals surface area contributed by atoms with Crippen molar-refractivity contribution in [2.24, 2.45) is 4.99 Å². The van der Waals surface area contributed by atoms with Gasteiger partial charge in [0, 0.05) is 25.1 Å². The predicted molar refractivity (Wildman–Crippen MR) is 116 cm³/mol. The molecule has 7 nitrogen and oxygen atoms in total. The van der Waals surface area contributed by atoms with E-state index in [1.54, 1.807) is 38.7 Å². The molecule has 0 saturated carbocycles. The Morgan fingerprint density at radius 3 is 2.67 bits per heavy atom. The van der Waals surface area contributed by atoms with Crippen molar-refractivity contribution in [3.8, 4) is 11.5 Å². The summed E-state index contributed by atoms with van der Waals surface area (Å²) in [7, 11) is 3.16. The molecule has 1 aromatic heterocycles. The number of nitrogens with zero attached hydrogens (tertiary/aromatic N) is 1. The number of ether oxygens (including phenoxy) is 2. The molecule has 1 heterocycles. The topological polar surface area (TPSA) is 88.3 Å². The molecule has 0 spiro atoms. The number of hydrogen-bond donors (Lipinski definition) is 3. The molecule has 0 aliphatic heterocycles. The first-order valence-electron chi connectivity index (χ1n) is 8.62. The van der Waals surface area contributed by atoms with E-state index in [1.165, 1.54) is 0 Å². The zero-order valence-electron chi connectivity index (χ0n) is 15.9. The molecule has 1 unspecified atom stereocenters. The molecule has 0 fully saturated rings. The highest BCUT2D eigenvalue weighted by Crippen LogP contribution is 2.29. The molecule has 27 heavy (non-hydrogen) atoms. The number of nitrogens with one attached hydrogen (secondary N) is 2. The van der Waals surface area contributed by atoms with Gasteiger partial charge in [-0.05, 0) is 37.3 Å². The summed E-state index contributed by atoms with van der Waals surface area (Å²) in [5.74, 6) is 2.81. The van der Waals surface area contributed by atoms with Gasteiger partial charge < -0.3 is 29.6 Å². The molecule has 3 N–H and O–H groups in total. The molecular weight excluding hydrogens is 461 g/mol. The first-order valence-corrected chi connectivity index (χ1v) is 8.62. The zero-order valence-corrected chi connectivity index (χ0v) is 18.2. The fourth-order valence-electron chi connectivity index (χ4n) is 2.48. The number of halogens is 1. The summed E-state index contributed by atoms with van der Waals surface area (Å²) in [5, 5.41) is 16.9. The lowest BCUT2D eigenvalue weighted by atomic mass is 10.1. The van der Waals surface area contributed by atoms with E-state index in [0.29, 0.717) is 29.6 Å². The van der Waals surface area contributed by atoms with Gasteiger partial charge in [0.15, 0.2) is 5.96 Å². The minimum Gasteiger partial charge on any atom is -0.497 e. The van der Waals surface area contributed by atoms with Crippen LogP contribution in [0.2, 0.25) is 0 Å². The third-order valence-corrected chi connectivity index (χ3v) is 3.81. The maximum absolute atomic E-state index is 10.5. The molecule has 150 valence electrons. The highest BCUT2D eigenvalue weighted by molar-refractivity contribution is 14.0. The highest BCUT2D eigenvalue weighted by Gasteiger charge is 2.14. The van der Waals surface area contributed by atoms with Crippen LogP contribution in [0.3, 0.4) is 0 Å². The highest BCUT2D eigenvalue weighted by atomic mass is 127. The molecule has 0 radical (unpaired) electrons. The summed E-state index contributed by atoms with van der Waals surface area (Å²) >= 11 is 0. The molecule has 0 aliphatic carbocycles. The van der Waals surface area contributed by atoms with Crippen LogP contribution in [0.5, 0.6) is 11.5 Å². The van der Waals surface area contributed by atoms with Gasteiger partial charge in [0.1, 0.15) is 23.4 Å². The van der Waals surface area contributed by atoms with Gasteiger partial charge in [-0.3, -0.25) is 4.99 Å². The van der Waals surface area contributed by atoms with Crippen molar-refractivity contribution in [1.82, 2.24) is 10.6 Å². The molecule has 1 aromatic carbocycles. The Kier molecular flexibility index (Phi) is 10.6. The van der Waals surface area contributed by atoms with Crippen molar-refractivity contribution in [3.05, 3.63) is 47.9 Å². The molecule has 0 amide bonds. The molecular formula is C19H28IN3O4. The lowest BCUT2D eigenvalue weighted by Crippen LogP contribution is -2.38. The summed E-state index contributed by atoms with van der Waals surface area (Å²) in [6, 6.07) is 9.12. The first kappa shape index (κ1) is 23.1. The van der Waals surface area contributed by atoms with E-state index in [9.17, 15) is 5.11 Å². The van der Waals surface area contributed by atoms with Crippen molar-refractivity contribution in [1.29, 1.82) is 0 Å². The van der Waals surface area contributed by atoms with Crippen LogP contribution >= 0.6 is 24.0 Å². The number of aliphatic hydroxyl groups is 1.